The summed E-state index contributed by atoms with van der Waals surface area (Å²) >= 11 is 1.24. The predicted octanol–water partition coefficient (Wildman–Crippen LogP) is 4.39. The lowest BCUT2D eigenvalue weighted by atomic mass is 10.1. The molecule has 0 saturated heterocycles. The molecule has 3 aromatic rings. The fraction of sp³-hybridized carbons (Fsp3) is 0. The molecular formula is C18H12O4S. The van der Waals surface area contributed by atoms with Crippen LogP contribution in [0.3, 0.4) is 0 Å². The number of carboxylic acid groups (broad SMARTS) is 2. The molecule has 0 radical (unpaired) electrons. The highest BCUT2D eigenvalue weighted by atomic mass is 32.2. The zero-order valence-corrected chi connectivity index (χ0v) is 12.7. The maximum atomic E-state index is 11.3. The molecule has 23 heavy (non-hydrogen) atoms. The molecular weight excluding hydrogens is 312 g/mol. The third-order valence-electron chi connectivity index (χ3n) is 3.41. The van der Waals surface area contributed by atoms with Crippen LogP contribution in [-0.2, 0) is 0 Å². The third kappa shape index (κ3) is 3.19. The molecule has 0 atom stereocenters. The Morgan fingerprint density at radius 2 is 1.52 bits per heavy atom. The average Bonchev–Trinajstić information content (AvgIpc) is 2.54. The number of hydrogen-bond acceptors (Lipinski definition) is 3. The summed E-state index contributed by atoms with van der Waals surface area (Å²) in [4.78, 5) is 23.7. The second-order valence-corrected chi connectivity index (χ2v) is 6.05. The summed E-state index contributed by atoms with van der Waals surface area (Å²) in [6.45, 7) is 0. The molecule has 0 saturated carbocycles. The molecule has 0 aliphatic heterocycles. The molecule has 2 N–H and O–H groups in total. The molecule has 0 aromatic heterocycles. The van der Waals surface area contributed by atoms with Crippen molar-refractivity contribution in [3.8, 4) is 0 Å². The van der Waals surface area contributed by atoms with E-state index < -0.39 is 11.9 Å². The maximum Gasteiger partial charge on any atom is 0.336 e. The molecule has 0 bridgehead atoms. The Bertz CT molecular complexity index is 918. The molecule has 114 valence electrons. The van der Waals surface area contributed by atoms with E-state index in [1.165, 1.54) is 30.0 Å². The monoisotopic (exact) mass is 324 g/mol. The van der Waals surface area contributed by atoms with Crippen LogP contribution in [0.25, 0.3) is 10.8 Å². The summed E-state index contributed by atoms with van der Waals surface area (Å²) in [7, 11) is 0. The van der Waals surface area contributed by atoms with Gasteiger partial charge in [-0.05, 0) is 41.1 Å². The number of aromatic carboxylic acids is 2. The molecule has 3 aromatic carbocycles. The van der Waals surface area contributed by atoms with Gasteiger partial charge in [-0.2, -0.15) is 0 Å². The van der Waals surface area contributed by atoms with Gasteiger partial charge in [-0.15, -0.1) is 0 Å². The van der Waals surface area contributed by atoms with Gasteiger partial charge in [0.2, 0.25) is 0 Å². The van der Waals surface area contributed by atoms with E-state index in [2.05, 4.69) is 0 Å². The molecule has 4 nitrogen and oxygen atoms in total. The van der Waals surface area contributed by atoms with Crippen molar-refractivity contribution in [2.75, 3.05) is 0 Å². The molecule has 0 unspecified atom stereocenters. The maximum absolute atomic E-state index is 11.3. The minimum atomic E-state index is -1.08. The third-order valence-corrected chi connectivity index (χ3v) is 4.46. The van der Waals surface area contributed by atoms with Crippen molar-refractivity contribution in [2.24, 2.45) is 0 Å². The van der Waals surface area contributed by atoms with E-state index in [0.29, 0.717) is 4.90 Å². The van der Waals surface area contributed by atoms with Gasteiger partial charge in [0.1, 0.15) is 0 Å². The fourth-order valence-corrected chi connectivity index (χ4v) is 3.30. The summed E-state index contributed by atoms with van der Waals surface area (Å²) in [6, 6.07) is 17.7. The molecule has 0 aliphatic carbocycles. The van der Waals surface area contributed by atoms with Crippen LogP contribution in [0.15, 0.2) is 70.5 Å². The van der Waals surface area contributed by atoms with E-state index in [4.69, 9.17) is 5.11 Å². The Kier molecular flexibility index (Phi) is 4.04. The summed E-state index contributed by atoms with van der Waals surface area (Å²) in [5.41, 5.74) is 0.159. The van der Waals surface area contributed by atoms with E-state index >= 15 is 0 Å². The molecule has 0 heterocycles. The van der Waals surface area contributed by atoms with Crippen molar-refractivity contribution in [1.82, 2.24) is 0 Å². The average molecular weight is 324 g/mol. The van der Waals surface area contributed by atoms with Crippen LogP contribution in [0.2, 0.25) is 0 Å². The lowest BCUT2D eigenvalue weighted by molar-refractivity contribution is 0.0678. The van der Waals surface area contributed by atoms with Crippen molar-refractivity contribution < 1.29 is 19.8 Å². The smallest absolute Gasteiger partial charge is 0.336 e. The van der Waals surface area contributed by atoms with E-state index in [0.717, 1.165) is 15.7 Å². The van der Waals surface area contributed by atoms with Gasteiger partial charge in [0.05, 0.1) is 11.1 Å². The van der Waals surface area contributed by atoms with Crippen LogP contribution in [0.4, 0.5) is 0 Å². The van der Waals surface area contributed by atoms with E-state index in [-0.39, 0.29) is 11.1 Å². The van der Waals surface area contributed by atoms with Crippen molar-refractivity contribution >= 4 is 34.5 Å². The Balaban J connectivity index is 2.04. The van der Waals surface area contributed by atoms with Crippen LogP contribution in [-0.4, -0.2) is 22.2 Å². The van der Waals surface area contributed by atoms with Crippen LogP contribution in [0.5, 0.6) is 0 Å². The highest BCUT2D eigenvalue weighted by Gasteiger charge is 2.14. The highest BCUT2D eigenvalue weighted by Crippen LogP contribution is 2.33. The first-order chi connectivity index (χ1) is 11.0. The first kappa shape index (κ1) is 15.1. The van der Waals surface area contributed by atoms with Gasteiger partial charge in [-0.1, -0.05) is 42.1 Å². The van der Waals surface area contributed by atoms with Gasteiger partial charge in [0.15, 0.2) is 0 Å². The molecule has 0 amide bonds. The van der Waals surface area contributed by atoms with Gasteiger partial charge < -0.3 is 10.2 Å². The standard InChI is InChI=1S/C18H12O4S/c19-17(20)13-6-8-15(18(21)22)16(10-13)23-14-7-5-11-3-1-2-4-12(11)9-14/h1-10H,(H,19,20)(H,21,22). The number of carbonyl (C=O) groups is 2. The molecule has 0 fully saturated rings. The van der Waals surface area contributed by atoms with Crippen molar-refractivity contribution in [3.05, 3.63) is 71.8 Å². The minimum Gasteiger partial charge on any atom is -0.478 e. The summed E-state index contributed by atoms with van der Waals surface area (Å²) in [5, 5.41) is 20.5. The Labute approximate surface area is 136 Å². The second-order valence-electron chi connectivity index (χ2n) is 4.93. The number of carboxylic acids is 2. The minimum absolute atomic E-state index is 0.0679. The predicted molar refractivity (Wildman–Crippen MR) is 88.4 cm³/mol. The van der Waals surface area contributed by atoms with Crippen LogP contribution in [0.1, 0.15) is 20.7 Å². The van der Waals surface area contributed by atoms with Gasteiger partial charge in [-0.25, -0.2) is 9.59 Å². The lowest BCUT2D eigenvalue weighted by Crippen LogP contribution is -2.02. The van der Waals surface area contributed by atoms with Gasteiger partial charge >= 0.3 is 11.9 Å². The Morgan fingerprint density at radius 3 is 2.22 bits per heavy atom. The van der Waals surface area contributed by atoms with Crippen LogP contribution in [0, 0.1) is 0 Å². The van der Waals surface area contributed by atoms with Crippen molar-refractivity contribution in [2.45, 2.75) is 9.79 Å². The van der Waals surface area contributed by atoms with E-state index in [9.17, 15) is 14.7 Å². The SMILES string of the molecule is O=C(O)c1ccc(C(=O)O)c(Sc2ccc3ccccc3c2)c1. The largest absolute Gasteiger partial charge is 0.478 e. The quantitative estimate of drug-likeness (QED) is 0.744. The summed E-state index contributed by atoms with van der Waals surface area (Å²) in [6.07, 6.45) is 0. The second kappa shape index (κ2) is 6.14. The lowest BCUT2D eigenvalue weighted by Gasteiger charge is -2.08. The molecule has 5 heteroatoms. The number of hydrogen-bond donors (Lipinski definition) is 2. The van der Waals surface area contributed by atoms with Gasteiger partial charge in [0.25, 0.3) is 0 Å². The topological polar surface area (TPSA) is 74.6 Å². The Hall–Kier alpha value is -2.79. The molecule has 3 rings (SSSR count). The Morgan fingerprint density at radius 1 is 0.783 bits per heavy atom. The van der Waals surface area contributed by atoms with E-state index in [1.54, 1.807) is 0 Å². The number of rotatable bonds is 4. The summed E-state index contributed by atoms with van der Waals surface area (Å²) in [5.74, 6) is -2.16. The fourth-order valence-electron chi connectivity index (χ4n) is 2.27. The van der Waals surface area contributed by atoms with Crippen molar-refractivity contribution in [3.63, 3.8) is 0 Å². The zero-order valence-electron chi connectivity index (χ0n) is 11.9. The van der Waals surface area contributed by atoms with E-state index in [1.807, 2.05) is 42.5 Å². The number of fused-ring (bicyclic) bond motifs is 1. The number of benzene rings is 3. The first-order valence-electron chi connectivity index (χ1n) is 6.82. The highest BCUT2D eigenvalue weighted by molar-refractivity contribution is 7.99. The zero-order chi connectivity index (χ0) is 16.4. The normalized spacial score (nSPS) is 10.6. The van der Waals surface area contributed by atoms with Gasteiger partial charge in [0, 0.05) is 9.79 Å². The first-order valence-corrected chi connectivity index (χ1v) is 7.63. The summed E-state index contributed by atoms with van der Waals surface area (Å²) < 4.78 is 0. The van der Waals surface area contributed by atoms with Crippen molar-refractivity contribution in [1.29, 1.82) is 0 Å². The van der Waals surface area contributed by atoms with Crippen LogP contribution < -0.4 is 0 Å². The molecule has 0 aliphatic rings. The molecule has 0 spiro atoms. The van der Waals surface area contributed by atoms with Gasteiger partial charge in [-0.3, -0.25) is 0 Å². The van der Waals surface area contributed by atoms with Crippen LogP contribution >= 0.6 is 11.8 Å².